The number of rotatable bonds is 8. The number of carbonyl (C=O) groups excluding carboxylic acids is 3. The lowest BCUT2D eigenvalue weighted by molar-refractivity contribution is -0.179. The number of piperidine rings is 1. The molecule has 210 valence electrons. The molecular weight excluding hydrogens is 514 g/mol. The number of ether oxygens (including phenoxy) is 5. The van der Waals surface area contributed by atoms with E-state index in [9.17, 15) is 24.3 Å². The zero-order chi connectivity index (χ0) is 28.3. The quantitative estimate of drug-likeness (QED) is 0.351. The summed E-state index contributed by atoms with van der Waals surface area (Å²) >= 11 is 0. The van der Waals surface area contributed by atoms with Crippen molar-refractivity contribution < 1.29 is 53.1 Å². The Morgan fingerprint density at radius 1 is 1.23 bits per heavy atom. The third-order valence-electron chi connectivity index (χ3n) is 8.35. The number of hydrogen-bond acceptors (Lipinski definition) is 11. The van der Waals surface area contributed by atoms with Gasteiger partial charge in [-0.05, 0) is 51.1 Å². The Kier molecular flexibility index (Phi) is 6.58. The fraction of sp³-hybridized carbons (Fsp3) is 0.556. The number of methoxy groups -OCH3 is 1. The average Bonchev–Trinajstić information content (AvgIpc) is 3.23. The van der Waals surface area contributed by atoms with E-state index >= 15 is 0 Å². The number of carboxylic acids is 1. The van der Waals surface area contributed by atoms with Crippen molar-refractivity contribution >= 4 is 23.9 Å². The second-order valence-electron chi connectivity index (χ2n) is 10.5. The fourth-order valence-corrected chi connectivity index (χ4v) is 6.59. The molecule has 39 heavy (non-hydrogen) atoms. The Morgan fingerprint density at radius 3 is 2.64 bits per heavy atom. The Balaban J connectivity index is 1.44. The van der Waals surface area contributed by atoms with E-state index in [0.29, 0.717) is 30.9 Å². The molecule has 0 aromatic heterocycles. The van der Waals surface area contributed by atoms with Crippen molar-refractivity contribution in [2.75, 3.05) is 20.7 Å². The van der Waals surface area contributed by atoms with Gasteiger partial charge in [-0.25, -0.2) is 9.59 Å². The molecule has 2 aliphatic heterocycles. The number of esters is 3. The minimum atomic E-state index is -1.70. The largest absolute Gasteiger partial charge is 0.493 e. The second kappa shape index (κ2) is 9.53. The summed E-state index contributed by atoms with van der Waals surface area (Å²) < 4.78 is 27.4. The number of hydrogen-bond donors (Lipinski definition) is 2. The molecule has 2 heterocycles. The van der Waals surface area contributed by atoms with Crippen LogP contribution in [0.15, 0.2) is 24.0 Å². The maximum absolute atomic E-state index is 13.0. The topological polar surface area (TPSA) is 158 Å². The van der Waals surface area contributed by atoms with Gasteiger partial charge in [-0.2, -0.15) is 0 Å². The van der Waals surface area contributed by atoms with Crippen molar-refractivity contribution in [1.82, 2.24) is 4.90 Å². The van der Waals surface area contributed by atoms with Crippen LogP contribution in [0.3, 0.4) is 0 Å². The lowest BCUT2D eigenvalue weighted by Gasteiger charge is -2.61. The molecule has 1 spiro atoms. The van der Waals surface area contributed by atoms with Gasteiger partial charge in [-0.1, -0.05) is 6.07 Å². The predicted molar refractivity (Wildman–Crippen MR) is 131 cm³/mol. The van der Waals surface area contributed by atoms with Gasteiger partial charge in [-0.15, -0.1) is 0 Å². The monoisotopic (exact) mass is 545 g/mol. The van der Waals surface area contributed by atoms with E-state index in [1.54, 1.807) is 6.08 Å². The molecule has 1 saturated heterocycles. The van der Waals surface area contributed by atoms with Crippen molar-refractivity contribution in [1.29, 1.82) is 0 Å². The SMILES string of the molecule is COc1ccc2c3c1O[C@H]1C(OC(=O)C[C@H](OC(C)=O)C(=O)O[C@@H](C)C(=O)O)=CC[C@@]4(O)[C@@H](C2)N(C)CC[C@]314. The van der Waals surface area contributed by atoms with Crippen LogP contribution in [-0.4, -0.2) is 89.6 Å². The lowest BCUT2D eigenvalue weighted by Crippen LogP contribution is -2.74. The Bertz CT molecular complexity index is 1270. The standard InChI is InChI=1S/C27H31NO11/c1-13(24(31)32)36-25(33)18(37-14(2)29)12-20(30)38-17-7-8-27(34)19-11-15-5-6-16(35-4)22-21(15)26(27,23(17)39-22)9-10-28(19)3/h5-7,13,18-19,23,34H,8-12H2,1-4H3,(H,31,32)/t13-,18-,19+,23-,26-,27+/m0/s1. The normalized spacial score (nSPS) is 29.6. The highest BCUT2D eigenvalue weighted by atomic mass is 16.6. The summed E-state index contributed by atoms with van der Waals surface area (Å²) in [6.45, 7) is 2.86. The molecule has 0 amide bonds. The molecule has 12 heteroatoms. The van der Waals surface area contributed by atoms with Crippen molar-refractivity contribution in [2.45, 2.75) is 74.9 Å². The Hall–Kier alpha value is -3.64. The molecule has 1 aromatic carbocycles. The van der Waals surface area contributed by atoms with E-state index < -0.39 is 59.6 Å². The second-order valence-corrected chi connectivity index (χ2v) is 10.5. The first-order valence-electron chi connectivity index (χ1n) is 12.7. The molecule has 1 aromatic rings. The highest BCUT2D eigenvalue weighted by Gasteiger charge is 2.72. The first-order chi connectivity index (χ1) is 18.4. The van der Waals surface area contributed by atoms with E-state index in [1.165, 1.54) is 7.11 Å². The minimum Gasteiger partial charge on any atom is -0.493 e. The molecule has 1 fully saturated rings. The van der Waals surface area contributed by atoms with Gasteiger partial charge in [0.25, 0.3) is 0 Å². The van der Waals surface area contributed by atoms with Gasteiger partial charge in [0.2, 0.25) is 6.10 Å². The fourth-order valence-electron chi connectivity index (χ4n) is 6.59. The molecule has 12 nitrogen and oxygen atoms in total. The van der Waals surface area contributed by atoms with Crippen LogP contribution in [0.1, 0.15) is 44.2 Å². The van der Waals surface area contributed by atoms with E-state index in [4.69, 9.17) is 28.8 Å². The van der Waals surface area contributed by atoms with Crippen molar-refractivity contribution in [3.05, 3.63) is 35.1 Å². The Morgan fingerprint density at radius 2 is 1.97 bits per heavy atom. The maximum atomic E-state index is 13.0. The minimum absolute atomic E-state index is 0.174. The number of nitrogens with zero attached hydrogens (tertiary/aromatic N) is 1. The molecule has 2 N–H and O–H groups in total. The van der Waals surface area contributed by atoms with Gasteiger partial charge in [0, 0.05) is 24.9 Å². The van der Waals surface area contributed by atoms with Gasteiger partial charge < -0.3 is 38.8 Å². The lowest BCUT2D eigenvalue weighted by atomic mass is 9.50. The molecule has 5 rings (SSSR count). The first-order valence-corrected chi connectivity index (χ1v) is 12.7. The predicted octanol–water partition coefficient (Wildman–Crippen LogP) is 0.854. The number of aliphatic hydroxyl groups is 1. The summed E-state index contributed by atoms with van der Waals surface area (Å²) in [5, 5.41) is 21.2. The molecule has 4 aliphatic rings. The molecule has 2 aliphatic carbocycles. The summed E-state index contributed by atoms with van der Waals surface area (Å²) in [4.78, 5) is 50.3. The van der Waals surface area contributed by atoms with Crippen LogP contribution in [0, 0.1) is 0 Å². The third-order valence-corrected chi connectivity index (χ3v) is 8.35. The maximum Gasteiger partial charge on any atom is 0.348 e. The van der Waals surface area contributed by atoms with Gasteiger partial charge >= 0.3 is 23.9 Å². The van der Waals surface area contributed by atoms with Gasteiger partial charge in [0.1, 0.15) is 5.76 Å². The summed E-state index contributed by atoms with van der Waals surface area (Å²) in [7, 11) is 3.51. The molecular formula is C27H31NO11. The van der Waals surface area contributed by atoms with Gasteiger partial charge in [-0.3, -0.25) is 9.59 Å². The van der Waals surface area contributed by atoms with E-state index in [2.05, 4.69) is 4.90 Å². The highest BCUT2D eigenvalue weighted by molar-refractivity contribution is 5.86. The molecule has 6 atom stereocenters. The van der Waals surface area contributed by atoms with Crippen LogP contribution in [-0.2, 0) is 45.2 Å². The first kappa shape index (κ1) is 26.9. The van der Waals surface area contributed by atoms with Crippen molar-refractivity contribution in [2.24, 2.45) is 0 Å². The summed E-state index contributed by atoms with van der Waals surface area (Å²) in [6.07, 6.45) is -1.77. The van der Waals surface area contributed by atoms with Gasteiger partial charge in [0.05, 0.1) is 24.5 Å². The van der Waals surface area contributed by atoms with E-state index in [-0.39, 0.29) is 18.2 Å². The van der Waals surface area contributed by atoms with Crippen LogP contribution in [0.5, 0.6) is 11.5 Å². The molecule has 0 unspecified atom stereocenters. The third kappa shape index (κ3) is 4.04. The summed E-state index contributed by atoms with van der Waals surface area (Å²) in [5.41, 5.74) is -0.184. The number of likely N-dealkylation sites (tertiary alicyclic amines) is 1. The van der Waals surface area contributed by atoms with Gasteiger partial charge in [0.15, 0.2) is 23.7 Å². The average molecular weight is 546 g/mol. The summed E-state index contributed by atoms with van der Waals surface area (Å²) in [5.74, 6) is -3.17. The van der Waals surface area contributed by atoms with Crippen LogP contribution < -0.4 is 9.47 Å². The Labute approximate surface area is 224 Å². The zero-order valence-electron chi connectivity index (χ0n) is 22.1. The van der Waals surface area contributed by atoms with Crippen LogP contribution in [0.25, 0.3) is 0 Å². The number of carbonyl (C=O) groups is 4. The number of aliphatic carboxylic acids is 1. The number of benzene rings is 1. The molecule has 2 bridgehead atoms. The summed E-state index contributed by atoms with van der Waals surface area (Å²) in [6, 6.07) is 3.62. The highest BCUT2D eigenvalue weighted by Crippen LogP contribution is 2.65. The van der Waals surface area contributed by atoms with E-state index in [1.807, 2.05) is 19.2 Å². The van der Waals surface area contributed by atoms with Crippen molar-refractivity contribution in [3.63, 3.8) is 0 Å². The molecule has 0 radical (unpaired) electrons. The molecule has 0 saturated carbocycles. The number of carboxylic acid groups (broad SMARTS) is 1. The number of likely N-dealkylation sites (N-methyl/N-ethyl adjacent to an activating group) is 1. The van der Waals surface area contributed by atoms with Crippen LogP contribution in [0.2, 0.25) is 0 Å². The zero-order valence-corrected chi connectivity index (χ0v) is 22.1. The van der Waals surface area contributed by atoms with Crippen molar-refractivity contribution in [3.8, 4) is 11.5 Å². The van der Waals surface area contributed by atoms with Crippen LogP contribution >= 0.6 is 0 Å². The van der Waals surface area contributed by atoms with Crippen LogP contribution in [0.4, 0.5) is 0 Å². The van der Waals surface area contributed by atoms with E-state index in [0.717, 1.165) is 25.0 Å². The smallest absolute Gasteiger partial charge is 0.348 e.